The highest BCUT2D eigenvalue weighted by Crippen LogP contribution is 2.41. The van der Waals surface area contributed by atoms with Crippen molar-refractivity contribution in [2.75, 3.05) is 138 Å². The summed E-state index contributed by atoms with van der Waals surface area (Å²) in [7, 11) is -2.55. The third-order valence-corrected chi connectivity index (χ3v) is 15.9. The van der Waals surface area contributed by atoms with E-state index in [0.717, 1.165) is 29.9 Å². The maximum atomic E-state index is 12.0. The van der Waals surface area contributed by atoms with Gasteiger partial charge in [0.2, 0.25) is 7.37 Å². The van der Waals surface area contributed by atoms with Crippen LogP contribution in [0.1, 0.15) is 232 Å². The molecule has 0 spiro atoms. The minimum atomic E-state index is -2.55. The summed E-state index contributed by atoms with van der Waals surface area (Å²) in [5.41, 5.74) is 9.25. The fourth-order valence-electron chi connectivity index (χ4n) is 9.26. The van der Waals surface area contributed by atoms with Crippen molar-refractivity contribution >= 4 is 7.37 Å². The fraction of sp³-hybridized carbons (Fsp3) is 0.877. The van der Waals surface area contributed by atoms with Crippen molar-refractivity contribution in [2.24, 2.45) is 5.11 Å². The summed E-state index contributed by atoms with van der Waals surface area (Å²) in [6.45, 7) is 17.5. The van der Waals surface area contributed by atoms with Crippen LogP contribution in [0.3, 0.4) is 0 Å². The summed E-state index contributed by atoms with van der Waals surface area (Å²) in [5, 5.41) is 7.01. The van der Waals surface area contributed by atoms with Gasteiger partial charge in [-0.1, -0.05) is 206 Å². The Morgan fingerprint density at radius 1 is 0.420 bits per heavy atom. The highest BCUT2D eigenvalue weighted by Gasteiger charge is 2.14. The molecule has 0 saturated carbocycles. The van der Waals surface area contributed by atoms with Gasteiger partial charge in [-0.3, -0.25) is 4.57 Å². The van der Waals surface area contributed by atoms with Crippen molar-refractivity contribution in [3.8, 4) is 11.5 Å². The summed E-state index contributed by atoms with van der Waals surface area (Å²) in [5.74, 6) is 1.68. The Morgan fingerprint density at radius 2 is 0.716 bits per heavy atom. The molecule has 1 atom stereocenters. The zero-order valence-corrected chi connectivity index (χ0v) is 53.5. The minimum Gasteiger partial charge on any atom is -0.493 e. The van der Waals surface area contributed by atoms with E-state index in [1.807, 2.05) is 13.0 Å². The van der Waals surface area contributed by atoms with Crippen LogP contribution in [0, 0.1) is 5.53 Å². The number of nitrogens with zero attached hydrogens (tertiary/aromatic N) is 1. The van der Waals surface area contributed by atoms with Crippen LogP contribution in [0.25, 0.3) is 0 Å². The van der Waals surface area contributed by atoms with E-state index >= 15 is 0 Å². The minimum absolute atomic E-state index is 0.203. The molecule has 0 aromatic heterocycles. The Kier molecular flexibility index (Phi) is 59.2. The second-order valence-electron chi connectivity index (χ2n) is 21.7. The highest BCUT2D eigenvalue weighted by molar-refractivity contribution is 7.58. The molecule has 0 aliphatic heterocycles. The maximum Gasteiger partial charge on any atom is 0.202 e. The molecule has 0 aliphatic carbocycles. The highest BCUT2D eigenvalue weighted by atomic mass is 31.2. The lowest BCUT2D eigenvalue weighted by Crippen LogP contribution is -2.15. The lowest BCUT2D eigenvalue weighted by atomic mass is 10.0. The predicted octanol–water partition coefficient (Wildman–Crippen LogP) is 17.0. The summed E-state index contributed by atoms with van der Waals surface area (Å²) in [6.07, 6.45) is 45.4. The Labute approximate surface area is 496 Å². The van der Waals surface area contributed by atoms with Crippen LogP contribution in [0.4, 0.5) is 0 Å². The standard InChI is InChI=1S/C65H124N3O12P/c1-5-8-10-12-14-16-18-20-22-24-26-28-30-32-34-36-38-78-64-56-62(57-65(58-64)79-39-37-35-33-31-29-27-25-23-21-19-17-15-13-11-9-6-2)59-67-60-63(68-66)61-77-53-52-75-49-48-73-45-44-71-41-40-70-42-43-72-46-47-74-50-51-76-54-55-81(4,69)80-7-3/h56-58,60,66-67H,5-55,59,61H2,1-4H3/b63-60-,68-66?. The Morgan fingerprint density at radius 3 is 1.02 bits per heavy atom. The van der Waals surface area contributed by atoms with Gasteiger partial charge in [0.15, 0.2) is 0 Å². The first-order valence-corrected chi connectivity index (χ1v) is 35.2. The first-order valence-electron chi connectivity index (χ1n) is 33.0. The van der Waals surface area contributed by atoms with E-state index in [1.54, 1.807) is 12.9 Å². The smallest absolute Gasteiger partial charge is 0.202 e. The Balaban J connectivity index is 2.26. The van der Waals surface area contributed by atoms with Crippen molar-refractivity contribution in [1.82, 2.24) is 5.32 Å². The molecule has 476 valence electrons. The second-order valence-corrected chi connectivity index (χ2v) is 24.5. The zero-order valence-electron chi connectivity index (χ0n) is 52.6. The van der Waals surface area contributed by atoms with Crippen LogP contribution < -0.4 is 14.8 Å². The summed E-state index contributed by atoms with van der Waals surface area (Å²) < 4.78 is 74.5. The second kappa shape index (κ2) is 62.4. The summed E-state index contributed by atoms with van der Waals surface area (Å²) in [6, 6.07) is 6.22. The zero-order chi connectivity index (χ0) is 58.3. The van der Waals surface area contributed by atoms with Gasteiger partial charge in [-0.2, -0.15) is 5.11 Å². The van der Waals surface area contributed by atoms with Gasteiger partial charge in [0.1, 0.15) is 17.2 Å². The molecule has 0 radical (unpaired) electrons. The summed E-state index contributed by atoms with van der Waals surface area (Å²) >= 11 is 0. The van der Waals surface area contributed by atoms with Crippen LogP contribution in [-0.2, 0) is 53.5 Å². The van der Waals surface area contributed by atoms with E-state index < -0.39 is 7.37 Å². The average Bonchev–Trinajstić information content (AvgIpc) is 3.46. The molecule has 16 heteroatoms. The molecule has 2 N–H and O–H groups in total. The van der Waals surface area contributed by atoms with Gasteiger partial charge in [0.05, 0.1) is 126 Å². The molecular weight excluding hydrogens is 1050 g/mol. The monoisotopic (exact) mass is 1170 g/mol. The topological polar surface area (TPSA) is 167 Å². The van der Waals surface area contributed by atoms with Gasteiger partial charge < -0.3 is 57.2 Å². The van der Waals surface area contributed by atoms with Crippen LogP contribution in [0.15, 0.2) is 35.2 Å². The largest absolute Gasteiger partial charge is 0.493 e. The lowest BCUT2D eigenvalue weighted by Gasteiger charge is -2.13. The van der Waals surface area contributed by atoms with Gasteiger partial charge in [-0.15, -0.1) is 0 Å². The fourth-order valence-corrected chi connectivity index (χ4v) is 10.4. The van der Waals surface area contributed by atoms with Gasteiger partial charge in [-0.25, -0.2) is 5.53 Å². The normalized spacial score (nSPS) is 12.6. The van der Waals surface area contributed by atoms with Crippen molar-refractivity contribution in [3.63, 3.8) is 0 Å². The van der Waals surface area contributed by atoms with E-state index in [9.17, 15) is 4.57 Å². The van der Waals surface area contributed by atoms with Crippen LogP contribution in [0.2, 0.25) is 0 Å². The molecule has 0 saturated heterocycles. The first kappa shape index (κ1) is 76.8. The molecule has 0 aliphatic rings. The number of benzene rings is 1. The number of nitrogens with one attached hydrogen (secondary N) is 2. The number of unbranched alkanes of at least 4 members (excludes halogenated alkanes) is 30. The first-order chi connectivity index (χ1) is 39.9. The molecule has 0 amide bonds. The molecule has 0 fully saturated rings. The van der Waals surface area contributed by atoms with E-state index in [-0.39, 0.29) is 6.61 Å². The van der Waals surface area contributed by atoms with Crippen LogP contribution >= 0.6 is 7.37 Å². The molecule has 0 bridgehead atoms. The molecular formula is C65H124N3O12P. The SMILES string of the molecule is CCCCCCCCCCCCCCCCCCOc1cc(CN/C=C(/COCCOCCOCCOCCOCCOCCOCCOCCP(C)(=O)OCC)N=N)cc(OCCCCCCCCCCCCCCCCCC)c1. The van der Waals surface area contributed by atoms with Crippen molar-refractivity contribution in [1.29, 1.82) is 5.53 Å². The predicted molar refractivity (Wildman–Crippen MR) is 333 cm³/mol. The van der Waals surface area contributed by atoms with Crippen molar-refractivity contribution < 1.29 is 56.5 Å². The third kappa shape index (κ3) is 56.7. The average molecular weight is 1170 g/mol. The van der Waals surface area contributed by atoms with Crippen molar-refractivity contribution in [2.45, 2.75) is 233 Å². The van der Waals surface area contributed by atoms with Crippen LogP contribution in [-0.4, -0.2) is 138 Å². The number of hydrogen-bond donors (Lipinski definition) is 2. The molecule has 1 aromatic rings. The maximum absolute atomic E-state index is 12.0. The quantitative estimate of drug-likeness (QED) is 0.0360. The molecule has 0 heterocycles. The van der Waals surface area contributed by atoms with E-state index in [1.165, 1.54) is 193 Å². The van der Waals surface area contributed by atoms with Gasteiger partial charge in [-0.05, 0) is 37.5 Å². The molecule has 15 nitrogen and oxygen atoms in total. The van der Waals surface area contributed by atoms with Crippen molar-refractivity contribution in [3.05, 3.63) is 35.7 Å². The van der Waals surface area contributed by atoms with Crippen LogP contribution in [0.5, 0.6) is 11.5 Å². The Hall–Kier alpha value is -2.17. The molecule has 1 rings (SSSR count). The third-order valence-electron chi connectivity index (χ3n) is 14.1. The van der Waals surface area contributed by atoms with Gasteiger partial charge in [0.25, 0.3) is 0 Å². The molecule has 81 heavy (non-hydrogen) atoms. The number of rotatable bonds is 68. The van der Waals surface area contributed by atoms with Gasteiger partial charge >= 0.3 is 0 Å². The molecule has 1 unspecified atom stereocenters. The lowest BCUT2D eigenvalue weighted by molar-refractivity contribution is -0.0224. The van der Waals surface area contributed by atoms with E-state index in [2.05, 4.69) is 36.4 Å². The molecule has 1 aromatic carbocycles. The summed E-state index contributed by atoms with van der Waals surface area (Å²) in [4.78, 5) is 0. The van der Waals surface area contributed by atoms with Gasteiger partial charge in [0, 0.05) is 31.6 Å². The number of ether oxygens (including phenoxy) is 10. The number of hydrogen-bond acceptors (Lipinski definition) is 15. The Bertz CT molecular complexity index is 1490. The van der Waals surface area contributed by atoms with E-state index in [4.69, 9.17) is 57.4 Å². The van der Waals surface area contributed by atoms with E-state index in [0.29, 0.717) is 137 Å².